The van der Waals surface area contributed by atoms with Gasteiger partial charge in [-0.05, 0) is 25.1 Å². The molecule has 172 valence electrons. The molecule has 2 aliphatic heterocycles. The van der Waals surface area contributed by atoms with Crippen molar-refractivity contribution >= 4 is 15.9 Å². The Morgan fingerprint density at radius 3 is 2.56 bits per heavy atom. The van der Waals surface area contributed by atoms with Crippen LogP contribution >= 0.6 is 0 Å². The zero-order valence-electron chi connectivity index (χ0n) is 18.2. The molecule has 9 nitrogen and oxygen atoms in total. The first-order valence-corrected chi connectivity index (χ1v) is 12.3. The molecule has 2 aromatic rings. The summed E-state index contributed by atoms with van der Waals surface area (Å²) in [5.41, 5.74) is 1.35. The van der Waals surface area contributed by atoms with Crippen molar-refractivity contribution in [2.45, 2.75) is 25.6 Å². The molecule has 0 radical (unpaired) electrons. The number of nitrogens with one attached hydrogen (secondary N) is 1. The Bertz CT molecular complexity index is 1210. The minimum Gasteiger partial charge on any atom is -0.496 e. The van der Waals surface area contributed by atoms with Gasteiger partial charge < -0.3 is 19.7 Å². The van der Waals surface area contributed by atoms with E-state index in [1.54, 1.807) is 35.8 Å². The number of amides is 1. The van der Waals surface area contributed by atoms with Gasteiger partial charge in [-0.25, -0.2) is 8.42 Å². The number of likely N-dealkylation sites (N-methyl/N-ethyl adjacent to an activating group) is 1. The van der Waals surface area contributed by atoms with Crippen LogP contribution in [-0.2, 0) is 21.4 Å². The van der Waals surface area contributed by atoms with Crippen LogP contribution in [0.15, 0.2) is 41.2 Å². The molecule has 1 fully saturated rings. The van der Waals surface area contributed by atoms with E-state index in [1.165, 1.54) is 11.4 Å². The number of pyridine rings is 1. The fraction of sp³-hybridized carbons (Fsp3) is 0.455. The zero-order valence-corrected chi connectivity index (χ0v) is 19.0. The van der Waals surface area contributed by atoms with E-state index in [0.29, 0.717) is 29.1 Å². The van der Waals surface area contributed by atoms with Crippen molar-refractivity contribution in [3.8, 4) is 16.9 Å². The summed E-state index contributed by atoms with van der Waals surface area (Å²) in [7, 11) is -2.28. The lowest BCUT2D eigenvalue weighted by atomic mass is 9.88. The molecule has 0 saturated carbocycles. The molecule has 1 aromatic carbocycles. The number of para-hydroxylation sites is 1. The van der Waals surface area contributed by atoms with Crippen molar-refractivity contribution < 1.29 is 23.1 Å². The maximum Gasteiger partial charge on any atom is 0.258 e. The molecular formula is C22H27N3O6S. The van der Waals surface area contributed by atoms with Crippen molar-refractivity contribution in [2.24, 2.45) is 11.8 Å². The third-order valence-corrected chi connectivity index (χ3v) is 7.64. The SMILES string of the molecule is CCNC(=O)[C@@H]1[C@@H](CO)[C@@H]2Cn3c(ccc(-c4ccccc4OC)c3=O)[C@@H]2N1S(C)(=O)=O. The van der Waals surface area contributed by atoms with Gasteiger partial charge in [0.2, 0.25) is 15.9 Å². The summed E-state index contributed by atoms with van der Waals surface area (Å²) in [6.07, 6.45) is 1.06. The van der Waals surface area contributed by atoms with Crippen LogP contribution in [0.3, 0.4) is 0 Å². The molecule has 4 atom stereocenters. The van der Waals surface area contributed by atoms with E-state index in [1.807, 2.05) is 12.1 Å². The van der Waals surface area contributed by atoms with Crippen LogP contribution < -0.4 is 15.6 Å². The first-order valence-electron chi connectivity index (χ1n) is 10.5. The average Bonchev–Trinajstić information content (AvgIpc) is 3.28. The second-order valence-corrected chi connectivity index (χ2v) is 10.1. The van der Waals surface area contributed by atoms with Crippen LogP contribution in [0, 0.1) is 11.8 Å². The fourth-order valence-electron chi connectivity index (χ4n) is 5.16. The lowest BCUT2D eigenvalue weighted by Gasteiger charge is -2.28. The molecule has 0 bridgehead atoms. The number of aliphatic hydroxyl groups is 1. The van der Waals surface area contributed by atoms with Gasteiger partial charge in [0.1, 0.15) is 11.8 Å². The Morgan fingerprint density at radius 2 is 1.94 bits per heavy atom. The van der Waals surface area contributed by atoms with Gasteiger partial charge in [-0.3, -0.25) is 9.59 Å². The van der Waals surface area contributed by atoms with Gasteiger partial charge in [0.05, 0.1) is 25.0 Å². The maximum atomic E-state index is 13.4. The van der Waals surface area contributed by atoms with Gasteiger partial charge in [0.15, 0.2) is 0 Å². The van der Waals surface area contributed by atoms with Crippen LogP contribution in [-0.4, -0.2) is 60.9 Å². The number of aliphatic hydroxyl groups excluding tert-OH is 1. The Hall–Kier alpha value is -2.69. The van der Waals surface area contributed by atoms with Gasteiger partial charge >= 0.3 is 0 Å². The molecule has 0 aliphatic carbocycles. The van der Waals surface area contributed by atoms with Crippen molar-refractivity contribution in [3.05, 3.63) is 52.4 Å². The zero-order chi connectivity index (χ0) is 23.2. The van der Waals surface area contributed by atoms with Crippen molar-refractivity contribution in [3.63, 3.8) is 0 Å². The largest absolute Gasteiger partial charge is 0.496 e. The van der Waals surface area contributed by atoms with Crippen molar-refractivity contribution in [1.82, 2.24) is 14.2 Å². The van der Waals surface area contributed by atoms with E-state index < -0.39 is 39.8 Å². The van der Waals surface area contributed by atoms with E-state index in [4.69, 9.17) is 4.74 Å². The summed E-state index contributed by atoms with van der Waals surface area (Å²) in [6.45, 7) is 1.95. The third-order valence-electron chi connectivity index (χ3n) is 6.42. The molecule has 1 amide bonds. The predicted molar refractivity (Wildman–Crippen MR) is 119 cm³/mol. The quantitative estimate of drug-likeness (QED) is 0.650. The Labute approximate surface area is 186 Å². The number of hydrogen-bond acceptors (Lipinski definition) is 6. The highest BCUT2D eigenvalue weighted by atomic mass is 32.2. The van der Waals surface area contributed by atoms with Gasteiger partial charge in [-0.2, -0.15) is 4.31 Å². The average molecular weight is 462 g/mol. The molecule has 1 aromatic heterocycles. The second-order valence-electron chi connectivity index (χ2n) is 8.18. The van der Waals surface area contributed by atoms with Gasteiger partial charge in [-0.15, -0.1) is 0 Å². The molecule has 1 saturated heterocycles. The summed E-state index contributed by atoms with van der Waals surface area (Å²) in [6, 6.07) is 8.87. The number of fused-ring (bicyclic) bond motifs is 3. The standard InChI is InChI=1S/C22H27N3O6S/c1-4-23-21(27)20-16(12-26)15-11-24-17(19(15)25(20)32(3,29)30)10-9-14(22(24)28)13-7-5-6-8-18(13)31-2/h5-10,15-16,19-20,26H,4,11-12H2,1-3H3,(H,23,27)/t15-,16-,19+,20-/m0/s1. The van der Waals surface area contributed by atoms with E-state index in [-0.39, 0.29) is 18.7 Å². The number of hydrogen-bond donors (Lipinski definition) is 2. The lowest BCUT2D eigenvalue weighted by Crippen LogP contribution is -2.50. The number of nitrogens with zero attached hydrogens (tertiary/aromatic N) is 2. The molecule has 10 heteroatoms. The number of aromatic nitrogens is 1. The maximum absolute atomic E-state index is 13.4. The minimum absolute atomic E-state index is 0.217. The van der Waals surface area contributed by atoms with Crippen LogP contribution in [0.4, 0.5) is 0 Å². The molecular weight excluding hydrogens is 434 g/mol. The van der Waals surface area contributed by atoms with Crippen molar-refractivity contribution in [1.29, 1.82) is 0 Å². The van der Waals surface area contributed by atoms with Crippen LogP contribution in [0.5, 0.6) is 5.75 Å². The first kappa shape index (κ1) is 22.5. The van der Waals surface area contributed by atoms with Crippen LogP contribution in [0.1, 0.15) is 18.7 Å². The normalized spacial score (nSPS) is 24.8. The molecule has 32 heavy (non-hydrogen) atoms. The Morgan fingerprint density at radius 1 is 1.22 bits per heavy atom. The first-order chi connectivity index (χ1) is 15.2. The van der Waals surface area contributed by atoms with E-state index >= 15 is 0 Å². The van der Waals surface area contributed by atoms with Crippen molar-refractivity contribution in [2.75, 3.05) is 26.5 Å². The van der Waals surface area contributed by atoms with E-state index in [0.717, 1.165) is 6.26 Å². The summed E-state index contributed by atoms with van der Waals surface area (Å²) in [4.78, 5) is 26.2. The van der Waals surface area contributed by atoms with Gasteiger partial charge in [-0.1, -0.05) is 18.2 Å². The highest BCUT2D eigenvalue weighted by Crippen LogP contribution is 2.50. The summed E-state index contributed by atoms with van der Waals surface area (Å²) in [5, 5.41) is 12.8. The molecule has 2 N–H and O–H groups in total. The number of carbonyl (C=O) groups excluding carboxylic acids is 1. The van der Waals surface area contributed by atoms with Crippen LogP contribution in [0.2, 0.25) is 0 Å². The summed E-state index contributed by atoms with van der Waals surface area (Å²) >= 11 is 0. The molecule has 3 heterocycles. The topological polar surface area (TPSA) is 118 Å². The number of rotatable bonds is 6. The minimum atomic E-state index is -3.81. The Balaban J connectivity index is 1.86. The van der Waals surface area contributed by atoms with E-state index in [9.17, 15) is 23.1 Å². The molecule has 0 spiro atoms. The predicted octanol–water partition coefficient (Wildman–Crippen LogP) is 0.583. The lowest BCUT2D eigenvalue weighted by molar-refractivity contribution is -0.126. The Kier molecular flexibility index (Phi) is 5.87. The smallest absolute Gasteiger partial charge is 0.258 e. The van der Waals surface area contributed by atoms with E-state index in [2.05, 4.69) is 5.32 Å². The highest BCUT2D eigenvalue weighted by Gasteiger charge is 2.58. The fourth-order valence-corrected chi connectivity index (χ4v) is 6.50. The third kappa shape index (κ3) is 3.42. The summed E-state index contributed by atoms with van der Waals surface area (Å²) < 4.78 is 33.7. The number of sulfonamides is 1. The van der Waals surface area contributed by atoms with Gasteiger partial charge in [0, 0.05) is 42.8 Å². The number of benzene rings is 1. The highest BCUT2D eigenvalue weighted by molar-refractivity contribution is 7.88. The number of methoxy groups -OCH3 is 1. The van der Waals surface area contributed by atoms with Crippen LogP contribution in [0.25, 0.3) is 11.1 Å². The molecule has 2 aliphatic rings. The molecule has 4 rings (SSSR count). The summed E-state index contributed by atoms with van der Waals surface area (Å²) in [5.74, 6) is -0.908. The number of carbonyl (C=O) groups is 1. The monoisotopic (exact) mass is 461 g/mol. The molecule has 0 unspecified atom stereocenters. The second kappa shape index (κ2) is 8.34. The number of ether oxygens (including phenoxy) is 1. The van der Waals surface area contributed by atoms with Gasteiger partial charge in [0.25, 0.3) is 5.56 Å².